The lowest BCUT2D eigenvalue weighted by Gasteiger charge is -2.27. The van der Waals surface area contributed by atoms with Crippen LogP contribution in [0.1, 0.15) is 38.9 Å². The maximum atomic E-state index is 6.49. The first-order valence-corrected chi connectivity index (χ1v) is 6.82. The molecule has 0 aliphatic carbocycles. The summed E-state index contributed by atoms with van der Waals surface area (Å²) in [6, 6.07) is 0. The summed E-state index contributed by atoms with van der Waals surface area (Å²) in [4.78, 5) is 4.37. The van der Waals surface area contributed by atoms with Gasteiger partial charge < -0.3 is 10.5 Å². The number of aromatic nitrogens is 3. The van der Waals surface area contributed by atoms with Crippen LogP contribution in [0, 0.1) is 5.92 Å². The van der Waals surface area contributed by atoms with Gasteiger partial charge in [-0.2, -0.15) is 5.10 Å². The molecule has 2 rings (SSSR count). The van der Waals surface area contributed by atoms with Crippen LogP contribution in [0.3, 0.4) is 0 Å². The van der Waals surface area contributed by atoms with Crippen LogP contribution in [-0.2, 0) is 17.7 Å². The molecule has 5 heteroatoms. The fraction of sp³-hybridized carbons (Fsp3) is 0.846. The molecule has 0 spiro atoms. The van der Waals surface area contributed by atoms with E-state index in [1.165, 1.54) is 0 Å². The highest BCUT2D eigenvalue weighted by Crippen LogP contribution is 2.22. The van der Waals surface area contributed by atoms with Gasteiger partial charge in [0.05, 0.1) is 0 Å². The number of rotatable bonds is 4. The van der Waals surface area contributed by atoms with Gasteiger partial charge in [-0.15, -0.1) is 0 Å². The maximum absolute atomic E-state index is 6.49. The van der Waals surface area contributed by atoms with Crippen molar-refractivity contribution >= 4 is 0 Å². The molecular weight excluding hydrogens is 228 g/mol. The minimum absolute atomic E-state index is 0.182. The maximum Gasteiger partial charge on any atom is 0.138 e. The molecule has 0 aromatic carbocycles. The molecule has 0 saturated carbocycles. The Morgan fingerprint density at radius 3 is 3.06 bits per heavy atom. The van der Waals surface area contributed by atoms with Crippen molar-refractivity contribution in [1.29, 1.82) is 0 Å². The highest BCUT2D eigenvalue weighted by atomic mass is 16.5. The Morgan fingerprint density at radius 1 is 1.44 bits per heavy atom. The number of hydrogen-bond acceptors (Lipinski definition) is 4. The smallest absolute Gasteiger partial charge is 0.138 e. The van der Waals surface area contributed by atoms with E-state index in [1.54, 1.807) is 6.33 Å². The number of nitrogens with zero attached hydrogens (tertiary/aromatic N) is 3. The van der Waals surface area contributed by atoms with E-state index in [4.69, 9.17) is 10.5 Å². The largest absolute Gasteiger partial charge is 0.381 e. The third-order valence-electron chi connectivity index (χ3n) is 3.45. The first-order chi connectivity index (χ1) is 8.59. The molecule has 0 amide bonds. The van der Waals surface area contributed by atoms with Gasteiger partial charge in [0.1, 0.15) is 12.2 Å². The van der Waals surface area contributed by atoms with Gasteiger partial charge in [0.25, 0.3) is 0 Å². The van der Waals surface area contributed by atoms with Crippen molar-refractivity contribution in [3.63, 3.8) is 0 Å². The van der Waals surface area contributed by atoms with Gasteiger partial charge in [0, 0.05) is 31.7 Å². The molecule has 18 heavy (non-hydrogen) atoms. The Hall–Kier alpha value is -0.940. The second kappa shape index (κ2) is 5.80. The van der Waals surface area contributed by atoms with Crippen LogP contribution in [0.2, 0.25) is 0 Å². The molecule has 1 aliphatic heterocycles. The van der Waals surface area contributed by atoms with Crippen molar-refractivity contribution < 1.29 is 4.74 Å². The molecule has 2 N–H and O–H groups in total. The van der Waals surface area contributed by atoms with Crippen molar-refractivity contribution in [2.75, 3.05) is 13.2 Å². The summed E-state index contributed by atoms with van der Waals surface area (Å²) in [5.74, 6) is 1.57. The Kier molecular flexibility index (Phi) is 4.35. The Balaban J connectivity index is 2.05. The lowest BCUT2D eigenvalue weighted by atomic mass is 9.88. The fourth-order valence-corrected chi connectivity index (χ4v) is 2.44. The fourth-order valence-electron chi connectivity index (χ4n) is 2.44. The second-order valence-electron chi connectivity index (χ2n) is 5.76. The normalized spacial score (nSPS) is 25.3. The third kappa shape index (κ3) is 3.53. The van der Waals surface area contributed by atoms with Crippen molar-refractivity contribution in [2.24, 2.45) is 11.7 Å². The minimum Gasteiger partial charge on any atom is -0.381 e. The van der Waals surface area contributed by atoms with E-state index in [9.17, 15) is 0 Å². The van der Waals surface area contributed by atoms with E-state index in [-0.39, 0.29) is 5.54 Å². The molecule has 5 nitrogen and oxygen atoms in total. The molecule has 1 aromatic heterocycles. The predicted molar refractivity (Wildman–Crippen MR) is 70.2 cm³/mol. The predicted octanol–water partition coefficient (Wildman–Crippen LogP) is 1.37. The third-order valence-corrected chi connectivity index (χ3v) is 3.45. The lowest BCUT2D eigenvalue weighted by molar-refractivity contribution is 0.139. The van der Waals surface area contributed by atoms with E-state index < -0.39 is 0 Å². The highest BCUT2D eigenvalue weighted by Gasteiger charge is 2.28. The quantitative estimate of drug-likeness (QED) is 0.879. The molecule has 1 unspecified atom stereocenters. The monoisotopic (exact) mass is 252 g/mol. The van der Waals surface area contributed by atoms with Crippen LogP contribution in [0.4, 0.5) is 0 Å². The first kappa shape index (κ1) is 13.5. The van der Waals surface area contributed by atoms with Gasteiger partial charge in [-0.05, 0) is 25.2 Å². The Bertz CT molecular complexity index is 367. The SMILES string of the molecule is CC(C)Cn1ncnc1CC1(N)CCCOCC1. The standard InChI is InChI=1S/C13H24N4O/c1-11(2)9-17-12(15-10-16-17)8-13(14)4-3-6-18-7-5-13/h10-11H,3-9,14H2,1-2H3. The molecule has 1 aromatic rings. The van der Waals surface area contributed by atoms with E-state index in [2.05, 4.69) is 23.9 Å². The van der Waals surface area contributed by atoms with Gasteiger partial charge >= 0.3 is 0 Å². The summed E-state index contributed by atoms with van der Waals surface area (Å²) in [6.45, 7) is 6.86. The van der Waals surface area contributed by atoms with Gasteiger partial charge in [-0.3, -0.25) is 0 Å². The summed E-state index contributed by atoms with van der Waals surface area (Å²) >= 11 is 0. The van der Waals surface area contributed by atoms with Gasteiger partial charge in [0.2, 0.25) is 0 Å². The molecule has 1 atom stereocenters. The summed E-state index contributed by atoms with van der Waals surface area (Å²) in [5, 5.41) is 4.30. The molecule has 1 fully saturated rings. The zero-order valence-corrected chi connectivity index (χ0v) is 11.4. The van der Waals surface area contributed by atoms with Gasteiger partial charge in [-0.1, -0.05) is 13.8 Å². The van der Waals surface area contributed by atoms with Crippen molar-refractivity contribution in [3.8, 4) is 0 Å². The number of hydrogen-bond donors (Lipinski definition) is 1. The van der Waals surface area contributed by atoms with E-state index in [1.807, 2.05) is 4.68 Å². The summed E-state index contributed by atoms with van der Waals surface area (Å²) in [7, 11) is 0. The Morgan fingerprint density at radius 2 is 2.28 bits per heavy atom. The van der Waals surface area contributed by atoms with Gasteiger partial charge in [0.15, 0.2) is 0 Å². The van der Waals surface area contributed by atoms with Crippen LogP contribution in [0.5, 0.6) is 0 Å². The van der Waals surface area contributed by atoms with E-state index in [0.717, 1.165) is 51.3 Å². The highest BCUT2D eigenvalue weighted by molar-refractivity contribution is 4.98. The van der Waals surface area contributed by atoms with Crippen LogP contribution in [0.15, 0.2) is 6.33 Å². The second-order valence-corrected chi connectivity index (χ2v) is 5.76. The Labute approximate surface area is 109 Å². The average molecular weight is 252 g/mol. The van der Waals surface area contributed by atoms with E-state index in [0.29, 0.717) is 5.92 Å². The number of nitrogens with two attached hydrogens (primary N) is 1. The van der Waals surface area contributed by atoms with Crippen LogP contribution >= 0.6 is 0 Å². The molecule has 0 bridgehead atoms. The molecule has 1 aliphatic rings. The minimum atomic E-state index is -0.182. The molecule has 1 saturated heterocycles. The molecule has 0 radical (unpaired) electrons. The van der Waals surface area contributed by atoms with Crippen molar-refractivity contribution in [2.45, 2.75) is 51.6 Å². The van der Waals surface area contributed by atoms with Crippen molar-refractivity contribution in [3.05, 3.63) is 12.2 Å². The number of ether oxygens (including phenoxy) is 1. The van der Waals surface area contributed by atoms with Crippen LogP contribution in [0.25, 0.3) is 0 Å². The zero-order chi connectivity index (χ0) is 13.0. The topological polar surface area (TPSA) is 66.0 Å². The molecule has 102 valence electrons. The average Bonchev–Trinajstić information content (AvgIpc) is 2.59. The van der Waals surface area contributed by atoms with E-state index >= 15 is 0 Å². The van der Waals surface area contributed by atoms with Crippen LogP contribution in [-0.4, -0.2) is 33.5 Å². The first-order valence-electron chi connectivity index (χ1n) is 6.82. The molecular formula is C13H24N4O. The summed E-state index contributed by atoms with van der Waals surface area (Å²) < 4.78 is 7.47. The zero-order valence-electron chi connectivity index (χ0n) is 11.4. The van der Waals surface area contributed by atoms with Crippen molar-refractivity contribution in [1.82, 2.24) is 14.8 Å². The summed E-state index contributed by atoms with van der Waals surface area (Å²) in [5.41, 5.74) is 6.31. The lowest BCUT2D eigenvalue weighted by Crippen LogP contribution is -2.43. The van der Waals surface area contributed by atoms with Gasteiger partial charge in [-0.25, -0.2) is 9.67 Å². The molecule has 2 heterocycles. The summed E-state index contributed by atoms with van der Waals surface area (Å²) in [6.07, 6.45) is 5.37. The van der Waals surface area contributed by atoms with Crippen LogP contribution < -0.4 is 5.73 Å².